The van der Waals surface area contributed by atoms with Gasteiger partial charge in [-0.15, -0.1) is 5.10 Å². The molecule has 4 unspecified atom stereocenters. The van der Waals surface area contributed by atoms with E-state index in [0.29, 0.717) is 23.8 Å². The number of hydrogen-bond donors (Lipinski definition) is 3. The van der Waals surface area contributed by atoms with Gasteiger partial charge in [-0.2, -0.15) is 0 Å². The van der Waals surface area contributed by atoms with Crippen LogP contribution in [0.25, 0.3) is 0 Å². The van der Waals surface area contributed by atoms with Crippen LogP contribution in [0, 0.1) is 5.92 Å². The number of rotatable bonds is 4. The van der Waals surface area contributed by atoms with Crippen LogP contribution < -0.4 is 16.6 Å². The van der Waals surface area contributed by atoms with Crippen molar-refractivity contribution < 1.29 is 0 Å². The third-order valence-corrected chi connectivity index (χ3v) is 6.12. The monoisotopic (exact) mass is 338 g/mol. The van der Waals surface area contributed by atoms with E-state index in [-0.39, 0.29) is 6.17 Å². The highest BCUT2D eigenvalue weighted by molar-refractivity contribution is 5.26. The topological polar surface area (TPSA) is 80.8 Å². The van der Waals surface area contributed by atoms with Crippen LogP contribution in [0.5, 0.6) is 0 Å². The normalized spacial score (nSPS) is 31.9. The highest BCUT2D eigenvalue weighted by Gasteiger charge is 2.42. The molecule has 4 N–H and O–H groups in total. The summed E-state index contributed by atoms with van der Waals surface area (Å²) >= 11 is 0. The molecule has 5 rings (SSSR count). The maximum atomic E-state index is 6.23. The molecule has 0 amide bonds. The van der Waals surface area contributed by atoms with Crippen LogP contribution in [0.15, 0.2) is 30.3 Å². The van der Waals surface area contributed by atoms with E-state index in [1.54, 1.807) is 0 Å². The van der Waals surface area contributed by atoms with E-state index >= 15 is 0 Å². The van der Waals surface area contributed by atoms with Crippen LogP contribution in [0.2, 0.25) is 0 Å². The minimum Gasteiger partial charge on any atom is -0.315 e. The van der Waals surface area contributed by atoms with Crippen LogP contribution in [0.4, 0.5) is 0 Å². The van der Waals surface area contributed by atoms with Crippen LogP contribution in [0.3, 0.4) is 0 Å². The second kappa shape index (κ2) is 6.20. The standard InChI is InChI=1S/C19H26N6/c20-19-15-10-14(8-9-16(15)21-23-19)17-18(13-6-7-13)25(24-22-17)11-12-4-2-1-3-5-12/h1-5,13-16,19,21,23H,6-11,20H2. The number of hydrazine groups is 1. The SMILES string of the molecule is NC1NNC2CCC(c3nnn(Cc4ccccc4)c3C3CC3)CC12. The number of hydrogen-bond acceptors (Lipinski definition) is 5. The lowest BCUT2D eigenvalue weighted by Crippen LogP contribution is -2.39. The summed E-state index contributed by atoms with van der Waals surface area (Å²) in [7, 11) is 0. The van der Waals surface area contributed by atoms with Crippen molar-refractivity contribution in [2.45, 2.75) is 62.7 Å². The number of aromatic nitrogens is 3. The van der Waals surface area contributed by atoms with E-state index in [1.165, 1.54) is 36.2 Å². The summed E-state index contributed by atoms with van der Waals surface area (Å²) in [6.45, 7) is 0.821. The highest BCUT2D eigenvalue weighted by atomic mass is 15.5. The Morgan fingerprint density at radius 1 is 1.04 bits per heavy atom. The molecule has 0 spiro atoms. The van der Waals surface area contributed by atoms with Crippen molar-refractivity contribution in [1.29, 1.82) is 0 Å². The highest BCUT2D eigenvalue weighted by Crippen LogP contribution is 2.46. The maximum absolute atomic E-state index is 6.23. The van der Waals surface area contributed by atoms with Crippen LogP contribution in [0.1, 0.15) is 60.9 Å². The average molecular weight is 338 g/mol. The molecule has 0 radical (unpaired) electrons. The molecule has 0 bridgehead atoms. The quantitative estimate of drug-likeness (QED) is 0.793. The molecule has 2 aliphatic carbocycles. The van der Waals surface area contributed by atoms with E-state index in [2.05, 4.69) is 56.2 Å². The largest absolute Gasteiger partial charge is 0.315 e. The summed E-state index contributed by atoms with van der Waals surface area (Å²) in [4.78, 5) is 0. The molecule has 1 aromatic carbocycles. The zero-order valence-corrected chi connectivity index (χ0v) is 14.4. The Bertz CT molecular complexity index is 738. The van der Waals surface area contributed by atoms with E-state index < -0.39 is 0 Å². The summed E-state index contributed by atoms with van der Waals surface area (Å²) in [6, 6.07) is 11.1. The Balaban J connectivity index is 1.42. The van der Waals surface area contributed by atoms with Gasteiger partial charge in [-0.25, -0.2) is 10.1 Å². The van der Waals surface area contributed by atoms with Gasteiger partial charge in [0.1, 0.15) is 0 Å². The van der Waals surface area contributed by atoms with Crippen molar-refractivity contribution in [3.05, 3.63) is 47.3 Å². The summed E-state index contributed by atoms with van der Waals surface area (Å²) in [5, 5.41) is 9.22. The summed E-state index contributed by atoms with van der Waals surface area (Å²) in [5.41, 5.74) is 16.7. The first kappa shape index (κ1) is 15.5. The van der Waals surface area contributed by atoms with Gasteiger partial charge in [0.25, 0.3) is 0 Å². The fraction of sp³-hybridized carbons (Fsp3) is 0.579. The van der Waals surface area contributed by atoms with Gasteiger partial charge < -0.3 is 5.73 Å². The first-order valence-corrected chi connectivity index (χ1v) is 9.53. The predicted molar refractivity (Wildman–Crippen MR) is 95.7 cm³/mol. The number of nitrogens with two attached hydrogens (primary N) is 1. The van der Waals surface area contributed by atoms with Crippen molar-refractivity contribution in [2.75, 3.05) is 0 Å². The van der Waals surface area contributed by atoms with Gasteiger partial charge in [0.15, 0.2) is 0 Å². The van der Waals surface area contributed by atoms with Gasteiger partial charge in [0.2, 0.25) is 0 Å². The Labute approximate surface area is 148 Å². The summed E-state index contributed by atoms with van der Waals surface area (Å²) < 4.78 is 2.15. The van der Waals surface area contributed by atoms with Gasteiger partial charge in [-0.3, -0.25) is 5.43 Å². The van der Waals surface area contributed by atoms with Crippen molar-refractivity contribution >= 4 is 0 Å². The van der Waals surface area contributed by atoms with Crippen LogP contribution in [-0.4, -0.2) is 27.2 Å². The molecule has 2 aromatic rings. The molecule has 1 saturated heterocycles. The van der Waals surface area contributed by atoms with Crippen LogP contribution >= 0.6 is 0 Å². The van der Waals surface area contributed by atoms with Gasteiger partial charge in [0, 0.05) is 23.8 Å². The molecule has 6 heteroatoms. The molecule has 4 atom stereocenters. The maximum Gasteiger partial charge on any atom is 0.0893 e. The lowest BCUT2D eigenvalue weighted by atomic mass is 9.76. The van der Waals surface area contributed by atoms with Gasteiger partial charge >= 0.3 is 0 Å². The zero-order valence-electron chi connectivity index (χ0n) is 14.4. The summed E-state index contributed by atoms with van der Waals surface area (Å²) in [6.07, 6.45) is 6.04. The first-order valence-electron chi connectivity index (χ1n) is 9.53. The second-order valence-electron chi connectivity index (χ2n) is 7.87. The lowest BCUT2D eigenvalue weighted by molar-refractivity contribution is 0.275. The summed E-state index contributed by atoms with van der Waals surface area (Å²) in [5.74, 6) is 1.64. The predicted octanol–water partition coefficient (Wildman–Crippen LogP) is 1.85. The average Bonchev–Trinajstić information content (AvgIpc) is 3.30. The minimum absolute atomic E-state index is 0.0524. The van der Waals surface area contributed by atoms with E-state index in [4.69, 9.17) is 5.73 Å². The van der Waals surface area contributed by atoms with Crippen LogP contribution in [-0.2, 0) is 6.54 Å². The first-order chi connectivity index (χ1) is 12.3. The molecule has 1 aromatic heterocycles. The molecular weight excluding hydrogens is 312 g/mol. The van der Waals surface area contributed by atoms with Gasteiger partial charge in [0.05, 0.1) is 24.1 Å². The lowest BCUT2D eigenvalue weighted by Gasteiger charge is -2.31. The molecule has 25 heavy (non-hydrogen) atoms. The van der Waals surface area contributed by atoms with Crippen molar-refractivity contribution in [1.82, 2.24) is 25.8 Å². The smallest absolute Gasteiger partial charge is 0.0893 e. The third kappa shape index (κ3) is 2.88. The molecule has 132 valence electrons. The van der Waals surface area contributed by atoms with E-state index in [0.717, 1.165) is 19.4 Å². The molecule has 2 heterocycles. The Kier molecular flexibility index (Phi) is 3.84. The number of fused-ring (bicyclic) bond motifs is 1. The van der Waals surface area contributed by atoms with Crippen molar-refractivity contribution in [3.8, 4) is 0 Å². The Morgan fingerprint density at radius 3 is 2.64 bits per heavy atom. The van der Waals surface area contributed by atoms with Crippen molar-refractivity contribution in [3.63, 3.8) is 0 Å². The fourth-order valence-electron chi connectivity index (χ4n) is 4.61. The molecule has 3 fully saturated rings. The number of benzene rings is 1. The molecule has 1 aliphatic heterocycles. The second-order valence-corrected chi connectivity index (χ2v) is 7.87. The molecule has 6 nitrogen and oxygen atoms in total. The molecular formula is C19H26N6. The Morgan fingerprint density at radius 2 is 1.84 bits per heavy atom. The van der Waals surface area contributed by atoms with Gasteiger partial charge in [-0.1, -0.05) is 35.5 Å². The number of nitrogens with one attached hydrogen (secondary N) is 2. The molecule has 2 saturated carbocycles. The van der Waals surface area contributed by atoms with E-state index in [1.807, 2.05) is 0 Å². The zero-order chi connectivity index (χ0) is 16.8. The van der Waals surface area contributed by atoms with Crippen molar-refractivity contribution in [2.24, 2.45) is 11.7 Å². The number of nitrogens with zero attached hydrogens (tertiary/aromatic N) is 3. The minimum atomic E-state index is 0.0524. The van der Waals surface area contributed by atoms with Gasteiger partial charge in [-0.05, 0) is 37.7 Å². The molecule has 3 aliphatic rings. The fourth-order valence-corrected chi connectivity index (χ4v) is 4.61. The van der Waals surface area contributed by atoms with E-state index in [9.17, 15) is 0 Å². The third-order valence-electron chi connectivity index (χ3n) is 6.12. The Hall–Kier alpha value is -1.76.